The number of hydrogen-bond donors (Lipinski definition) is 2. The van der Waals surface area contributed by atoms with Crippen LogP contribution in [-0.4, -0.2) is 39.1 Å². The van der Waals surface area contributed by atoms with Crippen LogP contribution in [0.4, 0.5) is 0 Å². The normalized spacial score (nSPS) is 10.9. The summed E-state index contributed by atoms with van der Waals surface area (Å²) < 4.78 is 15.8. The van der Waals surface area contributed by atoms with E-state index in [1.807, 2.05) is 72.8 Å². The van der Waals surface area contributed by atoms with Crippen LogP contribution in [0.3, 0.4) is 0 Å². The molecule has 0 aliphatic heterocycles. The summed E-state index contributed by atoms with van der Waals surface area (Å²) in [4.78, 5) is 26.3. The van der Waals surface area contributed by atoms with Crippen LogP contribution in [0.2, 0.25) is 0 Å². The first-order valence-corrected chi connectivity index (χ1v) is 12.3. The number of hydrogen-bond acceptors (Lipinski definition) is 5. The Labute approximate surface area is 216 Å². The van der Waals surface area contributed by atoms with Crippen LogP contribution in [0, 0.1) is 5.92 Å². The number of furan rings is 1. The molecule has 192 valence electrons. The number of ether oxygens (including phenoxy) is 2. The van der Waals surface area contributed by atoms with Gasteiger partial charge in [-0.1, -0.05) is 30.3 Å². The molecule has 1 heterocycles. The van der Waals surface area contributed by atoms with Crippen molar-refractivity contribution < 1.29 is 23.5 Å². The van der Waals surface area contributed by atoms with Crippen molar-refractivity contribution in [3.63, 3.8) is 0 Å². The van der Waals surface area contributed by atoms with Gasteiger partial charge in [-0.15, -0.1) is 0 Å². The molecule has 4 rings (SSSR count). The first-order chi connectivity index (χ1) is 18.1. The van der Waals surface area contributed by atoms with Crippen molar-refractivity contribution in [1.29, 1.82) is 0 Å². The molecular formula is C30H32N2O5. The van der Waals surface area contributed by atoms with E-state index in [2.05, 4.69) is 10.6 Å². The Kier molecular flexibility index (Phi) is 8.81. The van der Waals surface area contributed by atoms with Gasteiger partial charge in [-0.3, -0.25) is 9.59 Å². The number of benzene rings is 3. The average molecular weight is 501 g/mol. The number of fused-ring (bicyclic) bond motifs is 1. The van der Waals surface area contributed by atoms with E-state index in [4.69, 9.17) is 13.9 Å². The van der Waals surface area contributed by atoms with Gasteiger partial charge in [0.25, 0.3) is 0 Å². The minimum Gasteiger partial charge on any atom is -0.497 e. The highest BCUT2D eigenvalue weighted by atomic mass is 16.5. The number of amides is 2. The summed E-state index contributed by atoms with van der Waals surface area (Å²) in [6.07, 6.45) is 3.23. The first kappa shape index (κ1) is 25.8. The first-order valence-electron chi connectivity index (χ1n) is 12.3. The van der Waals surface area contributed by atoms with Crippen molar-refractivity contribution in [1.82, 2.24) is 10.6 Å². The Morgan fingerprint density at radius 2 is 1.24 bits per heavy atom. The van der Waals surface area contributed by atoms with Gasteiger partial charge >= 0.3 is 0 Å². The maximum atomic E-state index is 13.2. The topological polar surface area (TPSA) is 89.8 Å². The van der Waals surface area contributed by atoms with Gasteiger partial charge in [0.1, 0.15) is 23.0 Å². The van der Waals surface area contributed by atoms with Crippen molar-refractivity contribution >= 4 is 22.8 Å². The standard InChI is InChI=1S/C30H32N2O5/c1-35-25-8-3-21(4-9-25)13-16-31-29(33)27(20-23-7-12-28-24(19-23)15-18-37-28)30(34)32-17-14-22-5-10-26(36-2)11-6-22/h3-12,15,18-19,27H,13-14,16-17,20H2,1-2H3,(H,31,33)(H,32,34). The third-order valence-electron chi connectivity index (χ3n) is 6.33. The third-order valence-corrected chi connectivity index (χ3v) is 6.33. The summed E-state index contributed by atoms with van der Waals surface area (Å²) in [5.41, 5.74) is 3.82. The lowest BCUT2D eigenvalue weighted by Crippen LogP contribution is -2.43. The summed E-state index contributed by atoms with van der Waals surface area (Å²) in [6, 6.07) is 23.0. The molecular weight excluding hydrogens is 468 g/mol. The summed E-state index contributed by atoms with van der Waals surface area (Å²) >= 11 is 0. The minimum atomic E-state index is -0.851. The highest BCUT2D eigenvalue weighted by molar-refractivity contribution is 6.00. The smallest absolute Gasteiger partial charge is 0.232 e. The fourth-order valence-corrected chi connectivity index (χ4v) is 4.17. The number of carbonyl (C=O) groups excluding carboxylic acids is 2. The maximum absolute atomic E-state index is 13.2. The van der Waals surface area contributed by atoms with Crippen molar-refractivity contribution in [2.24, 2.45) is 5.92 Å². The van der Waals surface area contributed by atoms with Crippen LogP contribution in [0.15, 0.2) is 83.5 Å². The molecule has 0 spiro atoms. The largest absolute Gasteiger partial charge is 0.497 e. The molecule has 4 aromatic rings. The second-order valence-electron chi connectivity index (χ2n) is 8.83. The SMILES string of the molecule is COc1ccc(CCNC(=O)C(Cc2ccc3occc3c2)C(=O)NCCc2ccc(OC)cc2)cc1. The lowest BCUT2D eigenvalue weighted by molar-refractivity contribution is -0.135. The van der Waals surface area contributed by atoms with Crippen molar-refractivity contribution in [3.05, 3.63) is 95.7 Å². The van der Waals surface area contributed by atoms with E-state index >= 15 is 0 Å². The van der Waals surface area contributed by atoms with Crippen LogP contribution in [0.5, 0.6) is 11.5 Å². The molecule has 7 heteroatoms. The number of rotatable bonds is 12. The lowest BCUT2D eigenvalue weighted by Gasteiger charge is -2.17. The Bertz CT molecular complexity index is 1250. The molecule has 3 aromatic carbocycles. The van der Waals surface area contributed by atoms with Crippen LogP contribution >= 0.6 is 0 Å². The lowest BCUT2D eigenvalue weighted by atomic mass is 9.96. The van der Waals surface area contributed by atoms with E-state index in [9.17, 15) is 9.59 Å². The minimum absolute atomic E-state index is 0.289. The Morgan fingerprint density at radius 3 is 1.76 bits per heavy atom. The molecule has 0 saturated carbocycles. The van der Waals surface area contributed by atoms with E-state index in [-0.39, 0.29) is 11.8 Å². The van der Waals surface area contributed by atoms with Gasteiger partial charge < -0.3 is 24.5 Å². The van der Waals surface area contributed by atoms with Gasteiger partial charge in [0.05, 0.1) is 20.5 Å². The molecule has 2 amide bonds. The molecule has 7 nitrogen and oxygen atoms in total. The Hall–Kier alpha value is -4.26. The second kappa shape index (κ2) is 12.6. The molecule has 0 bridgehead atoms. The number of carbonyl (C=O) groups is 2. The van der Waals surface area contributed by atoms with E-state index in [1.165, 1.54) is 0 Å². The summed E-state index contributed by atoms with van der Waals surface area (Å²) in [6.45, 7) is 0.864. The number of methoxy groups -OCH3 is 2. The van der Waals surface area contributed by atoms with Crippen molar-refractivity contribution in [2.75, 3.05) is 27.3 Å². The Morgan fingerprint density at radius 1 is 0.730 bits per heavy atom. The summed E-state index contributed by atoms with van der Waals surface area (Å²) in [5, 5.41) is 6.84. The number of nitrogens with one attached hydrogen (secondary N) is 2. The van der Waals surface area contributed by atoms with Crippen LogP contribution in [-0.2, 0) is 28.9 Å². The van der Waals surface area contributed by atoms with E-state index in [0.717, 1.165) is 39.2 Å². The summed E-state index contributed by atoms with van der Waals surface area (Å²) in [7, 11) is 3.25. The molecule has 0 fully saturated rings. The van der Waals surface area contributed by atoms with Crippen LogP contribution in [0.1, 0.15) is 16.7 Å². The Balaban J connectivity index is 1.38. The zero-order chi connectivity index (χ0) is 26.0. The van der Waals surface area contributed by atoms with E-state index in [0.29, 0.717) is 32.4 Å². The highest BCUT2D eigenvalue weighted by Gasteiger charge is 2.26. The molecule has 2 N–H and O–H groups in total. The summed E-state index contributed by atoms with van der Waals surface area (Å²) in [5.74, 6) is 0.143. The molecule has 37 heavy (non-hydrogen) atoms. The van der Waals surface area contributed by atoms with Gasteiger partial charge in [-0.25, -0.2) is 0 Å². The molecule has 0 aliphatic rings. The van der Waals surface area contributed by atoms with Gasteiger partial charge in [-0.2, -0.15) is 0 Å². The average Bonchev–Trinajstić information content (AvgIpc) is 3.40. The van der Waals surface area contributed by atoms with Gasteiger partial charge in [-0.05, 0) is 78.4 Å². The molecule has 0 saturated heterocycles. The molecule has 0 unspecified atom stereocenters. The van der Waals surface area contributed by atoms with Gasteiger partial charge in [0, 0.05) is 18.5 Å². The third kappa shape index (κ3) is 7.13. The molecule has 1 aromatic heterocycles. The van der Waals surface area contributed by atoms with Crippen molar-refractivity contribution in [2.45, 2.75) is 19.3 Å². The zero-order valence-electron chi connectivity index (χ0n) is 21.2. The fourth-order valence-electron chi connectivity index (χ4n) is 4.17. The van der Waals surface area contributed by atoms with Gasteiger partial charge in [0.15, 0.2) is 0 Å². The monoisotopic (exact) mass is 500 g/mol. The second-order valence-corrected chi connectivity index (χ2v) is 8.83. The molecule has 0 atom stereocenters. The van der Waals surface area contributed by atoms with Crippen LogP contribution < -0.4 is 20.1 Å². The maximum Gasteiger partial charge on any atom is 0.232 e. The molecule has 0 aliphatic carbocycles. The quantitative estimate of drug-likeness (QED) is 0.283. The highest BCUT2D eigenvalue weighted by Crippen LogP contribution is 2.20. The van der Waals surface area contributed by atoms with Crippen LogP contribution in [0.25, 0.3) is 11.0 Å². The predicted octanol–water partition coefficient (Wildman–Crippen LogP) is 4.33. The fraction of sp³-hybridized carbons (Fsp3) is 0.267. The molecule has 0 radical (unpaired) electrons. The van der Waals surface area contributed by atoms with Gasteiger partial charge in [0.2, 0.25) is 11.8 Å². The zero-order valence-corrected chi connectivity index (χ0v) is 21.2. The van der Waals surface area contributed by atoms with E-state index < -0.39 is 5.92 Å². The van der Waals surface area contributed by atoms with E-state index in [1.54, 1.807) is 20.5 Å². The van der Waals surface area contributed by atoms with Crippen molar-refractivity contribution in [3.8, 4) is 11.5 Å². The predicted molar refractivity (Wildman–Crippen MR) is 143 cm³/mol.